The highest BCUT2D eigenvalue weighted by atomic mass is 35.5. The van der Waals surface area contributed by atoms with E-state index >= 15 is 0 Å². The van der Waals surface area contributed by atoms with Crippen molar-refractivity contribution in [2.75, 3.05) is 0 Å². The molecule has 1 heterocycles. The maximum atomic E-state index is 7.53. The summed E-state index contributed by atoms with van der Waals surface area (Å²) in [6, 6.07) is 12.6. The van der Waals surface area contributed by atoms with Crippen LogP contribution in [0.3, 0.4) is 0 Å². The van der Waals surface area contributed by atoms with E-state index in [1.54, 1.807) is 0 Å². The summed E-state index contributed by atoms with van der Waals surface area (Å²) >= 11 is 0. The first-order chi connectivity index (χ1) is 7.75. The topological polar surface area (TPSA) is 53.1 Å². The van der Waals surface area contributed by atoms with Gasteiger partial charge in [-0.2, -0.15) is 0 Å². The van der Waals surface area contributed by atoms with Crippen LogP contribution in [0.15, 0.2) is 36.4 Å². The lowest BCUT2D eigenvalue weighted by atomic mass is 9.95. The largest absolute Gasteiger partial charge is 0.370 e. The van der Waals surface area contributed by atoms with Crippen LogP contribution in [0.2, 0.25) is 0 Å². The number of nitrogens with two attached hydrogens (primary N) is 1. The Bertz CT molecular complexity index is 539. The molecule has 0 bridgehead atoms. The minimum absolute atomic E-state index is 0. The molecule has 0 amide bonds. The fourth-order valence-electron chi connectivity index (χ4n) is 2.40. The first-order valence-corrected chi connectivity index (χ1v) is 5.34. The number of nitrogens with one attached hydrogen (secondary N) is 1. The lowest BCUT2D eigenvalue weighted by molar-refractivity contribution is 0.393. The molecule has 1 aliphatic heterocycles. The average molecular weight is 248 g/mol. The highest BCUT2D eigenvalue weighted by Crippen LogP contribution is 2.29. The molecule has 4 heteroatoms. The van der Waals surface area contributed by atoms with Gasteiger partial charge in [-0.15, -0.1) is 12.4 Å². The normalized spacial score (nSPS) is 13.3. The molecule has 3 nitrogen and oxygen atoms in total. The predicted molar refractivity (Wildman–Crippen MR) is 72.4 cm³/mol. The number of rotatable bonds is 0. The third kappa shape index (κ3) is 1.83. The van der Waals surface area contributed by atoms with Crippen molar-refractivity contribution in [2.45, 2.75) is 13.1 Å². The number of halogens is 1. The highest BCUT2D eigenvalue weighted by molar-refractivity contribution is 5.90. The Morgan fingerprint density at radius 3 is 2.06 bits per heavy atom. The average Bonchev–Trinajstić information content (AvgIpc) is 2.29. The molecule has 0 radical (unpaired) electrons. The molecule has 0 atom stereocenters. The Morgan fingerprint density at radius 1 is 1.06 bits per heavy atom. The van der Waals surface area contributed by atoms with Gasteiger partial charge in [-0.25, -0.2) is 0 Å². The van der Waals surface area contributed by atoms with E-state index in [9.17, 15) is 0 Å². The second kappa shape index (κ2) is 4.26. The van der Waals surface area contributed by atoms with Crippen molar-refractivity contribution in [2.24, 2.45) is 5.73 Å². The van der Waals surface area contributed by atoms with Crippen LogP contribution in [-0.2, 0) is 13.1 Å². The number of guanidine groups is 1. The third-order valence-corrected chi connectivity index (χ3v) is 3.14. The van der Waals surface area contributed by atoms with E-state index in [-0.39, 0.29) is 18.4 Å². The summed E-state index contributed by atoms with van der Waals surface area (Å²) in [5.41, 5.74) is 8.08. The minimum Gasteiger partial charge on any atom is -0.370 e. The molecule has 1 aliphatic rings. The van der Waals surface area contributed by atoms with Gasteiger partial charge < -0.3 is 10.6 Å². The Balaban J connectivity index is 0.00000108. The molecule has 0 aliphatic carbocycles. The SMILES string of the molecule is Cl.N=C(N)N1Cc2cccc3cccc(c23)C1. The molecule has 0 unspecified atom stereocenters. The van der Waals surface area contributed by atoms with E-state index in [1.807, 2.05) is 4.90 Å². The first kappa shape index (κ1) is 11.7. The quantitative estimate of drug-likeness (QED) is 0.555. The van der Waals surface area contributed by atoms with Crippen LogP contribution in [0, 0.1) is 5.41 Å². The van der Waals surface area contributed by atoms with Crippen molar-refractivity contribution < 1.29 is 0 Å². The van der Waals surface area contributed by atoms with Crippen molar-refractivity contribution in [3.8, 4) is 0 Å². The number of hydrogen-bond donors (Lipinski definition) is 2. The second-order valence-electron chi connectivity index (χ2n) is 4.17. The van der Waals surface area contributed by atoms with Gasteiger partial charge in [-0.1, -0.05) is 36.4 Å². The molecule has 2 aromatic rings. The zero-order valence-electron chi connectivity index (χ0n) is 9.31. The Morgan fingerprint density at radius 2 is 1.59 bits per heavy atom. The van der Waals surface area contributed by atoms with Gasteiger partial charge in [0.25, 0.3) is 0 Å². The molecular weight excluding hydrogens is 234 g/mol. The molecule has 17 heavy (non-hydrogen) atoms. The Kier molecular flexibility index (Phi) is 2.94. The van der Waals surface area contributed by atoms with E-state index in [4.69, 9.17) is 11.1 Å². The maximum absolute atomic E-state index is 7.53. The number of nitrogens with zero attached hydrogens (tertiary/aromatic N) is 1. The summed E-state index contributed by atoms with van der Waals surface area (Å²) in [5, 5.41) is 10.1. The molecule has 0 saturated heterocycles. The zero-order chi connectivity index (χ0) is 11.1. The fourth-order valence-corrected chi connectivity index (χ4v) is 2.40. The van der Waals surface area contributed by atoms with Gasteiger partial charge in [0, 0.05) is 13.1 Å². The van der Waals surface area contributed by atoms with Gasteiger partial charge >= 0.3 is 0 Å². The van der Waals surface area contributed by atoms with Gasteiger partial charge in [0.2, 0.25) is 0 Å². The summed E-state index contributed by atoms with van der Waals surface area (Å²) in [7, 11) is 0. The number of hydrogen-bond acceptors (Lipinski definition) is 1. The van der Waals surface area contributed by atoms with Crippen LogP contribution in [0.4, 0.5) is 0 Å². The van der Waals surface area contributed by atoms with E-state index in [2.05, 4.69) is 36.4 Å². The summed E-state index contributed by atoms with van der Waals surface area (Å²) < 4.78 is 0. The van der Waals surface area contributed by atoms with E-state index in [1.165, 1.54) is 21.9 Å². The second-order valence-corrected chi connectivity index (χ2v) is 4.17. The van der Waals surface area contributed by atoms with Crippen molar-refractivity contribution in [3.05, 3.63) is 47.5 Å². The van der Waals surface area contributed by atoms with Crippen molar-refractivity contribution in [1.29, 1.82) is 5.41 Å². The molecular formula is C13H14ClN3. The Labute approximate surface area is 106 Å². The molecule has 2 aromatic carbocycles. The van der Waals surface area contributed by atoms with Crippen LogP contribution in [0.25, 0.3) is 10.8 Å². The Hall–Kier alpha value is -1.74. The van der Waals surface area contributed by atoms with Crippen LogP contribution < -0.4 is 5.73 Å². The van der Waals surface area contributed by atoms with E-state index in [0.717, 1.165) is 13.1 Å². The van der Waals surface area contributed by atoms with Crippen LogP contribution >= 0.6 is 12.4 Å². The minimum atomic E-state index is 0. The monoisotopic (exact) mass is 247 g/mol. The van der Waals surface area contributed by atoms with Gasteiger partial charge in [0.1, 0.15) is 0 Å². The molecule has 88 valence electrons. The predicted octanol–water partition coefficient (Wildman–Crippen LogP) is 2.47. The standard InChI is InChI=1S/C13H13N3.ClH/c14-13(15)16-7-10-5-1-3-9-4-2-6-11(8-16)12(9)10;/h1-6H,7-8H2,(H3,14,15);1H. The zero-order valence-corrected chi connectivity index (χ0v) is 10.1. The smallest absolute Gasteiger partial charge is 0.188 e. The molecule has 3 N–H and O–H groups in total. The summed E-state index contributed by atoms with van der Waals surface area (Å²) in [6.45, 7) is 1.48. The first-order valence-electron chi connectivity index (χ1n) is 5.34. The fraction of sp³-hybridized carbons (Fsp3) is 0.154. The summed E-state index contributed by atoms with van der Waals surface area (Å²) in [5.74, 6) is 0.145. The molecule has 3 rings (SSSR count). The highest BCUT2D eigenvalue weighted by Gasteiger charge is 2.18. The van der Waals surface area contributed by atoms with Gasteiger partial charge in [0.05, 0.1) is 0 Å². The third-order valence-electron chi connectivity index (χ3n) is 3.14. The summed E-state index contributed by atoms with van der Waals surface area (Å²) in [4.78, 5) is 1.89. The molecule has 0 spiro atoms. The van der Waals surface area contributed by atoms with Crippen molar-refractivity contribution >= 4 is 29.1 Å². The lowest BCUT2D eigenvalue weighted by Crippen LogP contribution is -2.37. The van der Waals surface area contributed by atoms with Crippen LogP contribution in [0.5, 0.6) is 0 Å². The lowest BCUT2D eigenvalue weighted by Gasteiger charge is -2.29. The summed E-state index contributed by atoms with van der Waals surface area (Å²) in [6.07, 6.45) is 0. The van der Waals surface area contributed by atoms with Crippen LogP contribution in [0.1, 0.15) is 11.1 Å². The van der Waals surface area contributed by atoms with E-state index in [0.29, 0.717) is 0 Å². The van der Waals surface area contributed by atoms with Gasteiger partial charge in [-0.05, 0) is 21.9 Å². The molecule has 0 aromatic heterocycles. The maximum Gasteiger partial charge on any atom is 0.188 e. The van der Waals surface area contributed by atoms with Crippen molar-refractivity contribution in [3.63, 3.8) is 0 Å². The number of benzene rings is 2. The molecule has 0 fully saturated rings. The van der Waals surface area contributed by atoms with E-state index < -0.39 is 0 Å². The van der Waals surface area contributed by atoms with Gasteiger partial charge in [-0.3, -0.25) is 5.41 Å². The van der Waals surface area contributed by atoms with Gasteiger partial charge in [0.15, 0.2) is 5.96 Å². The van der Waals surface area contributed by atoms with Crippen LogP contribution in [-0.4, -0.2) is 10.9 Å². The molecule has 0 saturated carbocycles. The van der Waals surface area contributed by atoms with Crippen molar-refractivity contribution in [1.82, 2.24) is 4.90 Å².